The Balaban J connectivity index is 1.49. The highest BCUT2D eigenvalue weighted by atomic mass is 32.1. The Bertz CT molecular complexity index is 882. The van der Waals surface area contributed by atoms with E-state index in [1.54, 1.807) is 11.3 Å². The Labute approximate surface area is 181 Å². The van der Waals surface area contributed by atoms with Gasteiger partial charge in [-0.2, -0.15) is 0 Å². The van der Waals surface area contributed by atoms with Crippen LogP contribution in [0.3, 0.4) is 0 Å². The van der Waals surface area contributed by atoms with Crippen molar-refractivity contribution in [2.45, 2.75) is 31.6 Å². The van der Waals surface area contributed by atoms with Crippen LogP contribution in [-0.4, -0.2) is 63.3 Å². The number of rotatable bonds is 6. The minimum absolute atomic E-state index is 0.0538. The highest BCUT2D eigenvalue weighted by Crippen LogP contribution is 2.44. The molecule has 1 saturated carbocycles. The van der Waals surface area contributed by atoms with Crippen LogP contribution in [0.4, 0.5) is 0 Å². The molecule has 2 aromatic rings. The summed E-state index contributed by atoms with van der Waals surface area (Å²) < 4.78 is 11.5. The summed E-state index contributed by atoms with van der Waals surface area (Å²) in [6.07, 6.45) is 4.23. The van der Waals surface area contributed by atoms with Gasteiger partial charge < -0.3 is 19.7 Å². The van der Waals surface area contributed by atoms with Gasteiger partial charge in [0.2, 0.25) is 5.91 Å². The van der Waals surface area contributed by atoms with Crippen LogP contribution in [0.15, 0.2) is 24.3 Å². The molecule has 0 atom stereocenters. The second-order valence-electron chi connectivity index (χ2n) is 8.20. The fraction of sp³-hybridized carbons (Fsp3) is 0.565. The van der Waals surface area contributed by atoms with Gasteiger partial charge in [-0.3, -0.25) is 9.59 Å². The van der Waals surface area contributed by atoms with Gasteiger partial charge in [-0.1, -0.05) is 18.2 Å². The summed E-state index contributed by atoms with van der Waals surface area (Å²) in [7, 11) is 1.53. The van der Waals surface area contributed by atoms with Gasteiger partial charge in [-0.05, 0) is 54.5 Å². The van der Waals surface area contributed by atoms with E-state index in [1.807, 2.05) is 11.0 Å². The van der Waals surface area contributed by atoms with Gasteiger partial charge in [0.15, 0.2) is 0 Å². The predicted octanol–water partition coefficient (Wildman–Crippen LogP) is 3.41. The molecule has 2 fully saturated rings. The Morgan fingerprint density at radius 3 is 2.63 bits per heavy atom. The molecule has 2 heterocycles. The molecule has 2 amide bonds. The smallest absolute Gasteiger partial charge is 0.264 e. The number of amides is 2. The number of benzene rings is 1. The lowest BCUT2D eigenvalue weighted by atomic mass is 9.77. The average molecular weight is 431 g/mol. The van der Waals surface area contributed by atoms with Gasteiger partial charge in [0.1, 0.15) is 6.61 Å². The third kappa shape index (κ3) is 4.68. The second-order valence-corrected chi connectivity index (χ2v) is 9.25. The quantitative estimate of drug-likeness (QED) is 0.763. The van der Waals surface area contributed by atoms with E-state index < -0.39 is 0 Å². The number of morpholine rings is 1. The van der Waals surface area contributed by atoms with E-state index in [9.17, 15) is 9.59 Å². The van der Waals surface area contributed by atoms with E-state index in [1.165, 1.54) is 22.8 Å². The van der Waals surface area contributed by atoms with Crippen molar-refractivity contribution in [1.82, 2.24) is 10.2 Å². The standard InChI is InChI=1S/C23H30N2O4S/c1-28-15-20(26)24-14-16-6-8-17(9-7-16)21-18-4-2-3-5-19(18)30-22(21)23(27)25-10-12-29-13-11-25/h2-5,16-17H,6-15H2,1H3,(H,24,26). The zero-order chi connectivity index (χ0) is 20.9. The van der Waals surface area contributed by atoms with Gasteiger partial charge in [0.05, 0.1) is 18.1 Å². The van der Waals surface area contributed by atoms with Crippen LogP contribution in [0.1, 0.15) is 46.8 Å². The lowest BCUT2D eigenvalue weighted by Crippen LogP contribution is -2.40. The molecule has 1 aromatic carbocycles. The van der Waals surface area contributed by atoms with Crippen molar-refractivity contribution in [2.24, 2.45) is 5.92 Å². The molecule has 1 saturated heterocycles. The number of thiophene rings is 1. The number of fused-ring (bicyclic) bond motifs is 1. The number of ether oxygens (including phenoxy) is 2. The second kappa shape index (κ2) is 9.90. The third-order valence-corrected chi connectivity index (χ3v) is 7.42. The number of carbonyl (C=O) groups is 2. The molecule has 0 bridgehead atoms. The molecule has 2 aliphatic rings. The van der Waals surface area contributed by atoms with Crippen LogP contribution in [0, 0.1) is 5.92 Å². The lowest BCUT2D eigenvalue weighted by molar-refractivity contribution is -0.124. The maximum Gasteiger partial charge on any atom is 0.264 e. The first-order chi connectivity index (χ1) is 14.7. The predicted molar refractivity (Wildman–Crippen MR) is 118 cm³/mol. The lowest BCUT2D eigenvalue weighted by Gasteiger charge is -2.31. The maximum atomic E-state index is 13.4. The van der Waals surface area contributed by atoms with E-state index in [0.717, 1.165) is 30.6 Å². The summed E-state index contributed by atoms with van der Waals surface area (Å²) in [4.78, 5) is 27.9. The molecule has 4 rings (SSSR count). The van der Waals surface area contributed by atoms with Crippen LogP contribution < -0.4 is 5.32 Å². The van der Waals surface area contributed by atoms with E-state index in [-0.39, 0.29) is 18.4 Å². The molecule has 1 aromatic heterocycles. The molecular formula is C23H30N2O4S. The van der Waals surface area contributed by atoms with Crippen molar-refractivity contribution in [3.05, 3.63) is 34.7 Å². The molecule has 7 heteroatoms. The molecule has 0 spiro atoms. The van der Waals surface area contributed by atoms with Crippen molar-refractivity contribution in [2.75, 3.05) is 46.6 Å². The number of methoxy groups -OCH3 is 1. The van der Waals surface area contributed by atoms with Gasteiger partial charge in [-0.15, -0.1) is 11.3 Å². The topological polar surface area (TPSA) is 67.9 Å². The molecule has 0 radical (unpaired) electrons. The molecule has 0 unspecified atom stereocenters. The van der Waals surface area contributed by atoms with E-state index in [2.05, 4.69) is 23.5 Å². The first-order valence-corrected chi connectivity index (χ1v) is 11.6. The van der Waals surface area contributed by atoms with Crippen LogP contribution in [0.25, 0.3) is 10.1 Å². The number of hydrogen-bond donors (Lipinski definition) is 1. The monoisotopic (exact) mass is 430 g/mol. The summed E-state index contributed by atoms with van der Waals surface area (Å²) in [6, 6.07) is 8.40. The number of carbonyl (C=O) groups excluding carboxylic acids is 2. The van der Waals surface area contributed by atoms with Gasteiger partial charge in [0, 0.05) is 31.4 Å². The van der Waals surface area contributed by atoms with Crippen LogP contribution in [-0.2, 0) is 14.3 Å². The van der Waals surface area contributed by atoms with Crippen LogP contribution in [0.2, 0.25) is 0 Å². The Morgan fingerprint density at radius 1 is 1.17 bits per heavy atom. The molecule has 1 N–H and O–H groups in total. The SMILES string of the molecule is COCC(=O)NCC1CCC(c2c(C(=O)N3CCOCC3)sc3ccccc23)CC1. The zero-order valence-electron chi connectivity index (χ0n) is 17.5. The highest BCUT2D eigenvalue weighted by molar-refractivity contribution is 7.21. The van der Waals surface area contributed by atoms with Gasteiger partial charge >= 0.3 is 0 Å². The summed E-state index contributed by atoms with van der Waals surface area (Å²) in [6.45, 7) is 3.39. The first-order valence-electron chi connectivity index (χ1n) is 10.8. The van der Waals surface area contributed by atoms with Crippen molar-refractivity contribution in [1.29, 1.82) is 0 Å². The molecule has 162 valence electrons. The van der Waals surface area contributed by atoms with Crippen molar-refractivity contribution < 1.29 is 19.1 Å². The van der Waals surface area contributed by atoms with E-state index in [0.29, 0.717) is 44.7 Å². The van der Waals surface area contributed by atoms with E-state index in [4.69, 9.17) is 9.47 Å². The Morgan fingerprint density at radius 2 is 1.90 bits per heavy atom. The van der Waals surface area contributed by atoms with Gasteiger partial charge in [-0.25, -0.2) is 0 Å². The van der Waals surface area contributed by atoms with Crippen LogP contribution in [0.5, 0.6) is 0 Å². The number of hydrogen-bond acceptors (Lipinski definition) is 5. The van der Waals surface area contributed by atoms with Gasteiger partial charge in [0.25, 0.3) is 5.91 Å². The molecule has 1 aliphatic heterocycles. The first kappa shape index (κ1) is 21.3. The largest absolute Gasteiger partial charge is 0.378 e. The average Bonchev–Trinajstić information content (AvgIpc) is 3.18. The van der Waals surface area contributed by atoms with Crippen molar-refractivity contribution in [3.63, 3.8) is 0 Å². The molecule has 6 nitrogen and oxygen atoms in total. The van der Waals surface area contributed by atoms with E-state index >= 15 is 0 Å². The molecule has 30 heavy (non-hydrogen) atoms. The maximum absolute atomic E-state index is 13.4. The normalized spacial score (nSPS) is 22.2. The summed E-state index contributed by atoms with van der Waals surface area (Å²) in [5.41, 5.74) is 1.24. The Kier molecular flexibility index (Phi) is 7.02. The summed E-state index contributed by atoms with van der Waals surface area (Å²) in [5, 5.41) is 4.20. The fourth-order valence-corrected chi connectivity index (χ4v) is 5.89. The van der Waals surface area contributed by atoms with Crippen molar-refractivity contribution in [3.8, 4) is 0 Å². The minimum Gasteiger partial charge on any atom is -0.378 e. The minimum atomic E-state index is -0.0538. The van der Waals surface area contributed by atoms with Crippen molar-refractivity contribution >= 4 is 33.2 Å². The molecule has 1 aliphatic carbocycles. The fourth-order valence-electron chi connectivity index (χ4n) is 4.64. The Hall–Kier alpha value is -1.96. The zero-order valence-corrected chi connectivity index (χ0v) is 18.3. The number of nitrogens with zero attached hydrogens (tertiary/aromatic N) is 1. The molecular weight excluding hydrogens is 400 g/mol. The number of nitrogens with one attached hydrogen (secondary N) is 1. The summed E-state index contributed by atoms with van der Waals surface area (Å²) in [5.74, 6) is 0.989. The third-order valence-electron chi connectivity index (χ3n) is 6.24. The highest BCUT2D eigenvalue weighted by Gasteiger charge is 2.31. The summed E-state index contributed by atoms with van der Waals surface area (Å²) >= 11 is 1.64. The van der Waals surface area contributed by atoms with Crippen LogP contribution >= 0.6 is 11.3 Å².